The molecule has 6 aromatic rings. The van der Waals surface area contributed by atoms with Crippen molar-refractivity contribution in [3.63, 3.8) is 0 Å². The molecular weight excluding hydrogens is 737 g/mol. The van der Waals surface area contributed by atoms with Gasteiger partial charge in [-0.15, -0.1) is 4.33 Å². The fourth-order valence-corrected chi connectivity index (χ4v) is 6.01. The molecule has 0 atom stereocenters. The molecule has 0 saturated heterocycles. The van der Waals surface area contributed by atoms with Crippen LogP contribution in [0.3, 0.4) is 0 Å². The zero-order valence-corrected chi connectivity index (χ0v) is 30.1. The first-order valence-corrected chi connectivity index (χ1v) is 18.0. The van der Waals surface area contributed by atoms with Crippen molar-refractivity contribution in [2.75, 3.05) is 46.0 Å². The number of benzene rings is 4. The van der Waals surface area contributed by atoms with Gasteiger partial charge in [-0.25, -0.2) is 5.26 Å². The Kier molecular flexibility index (Phi) is 12.0. The fourth-order valence-electron chi connectivity index (χ4n) is 4.79. The summed E-state index contributed by atoms with van der Waals surface area (Å²) in [6, 6.07) is 28.1. The molecule has 0 radical (unpaired) electrons. The van der Waals surface area contributed by atoms with Gasteiger partial charge in [0, 0.05) is 41.7 Å². The van der Waals surface area contributed by atoms with Crippen molar-refractivity contribution in [3.05, 3.63) is 108 Å². The van der Waals surface area contributed by atoms with Crippen molar-refractivity contribution < 1.29 is 27.6 Å². The van der Waals surface area contributed by atoms with E-state index in [0.29, 0.717) is 40.1 Å². The summed E-state index contributed by atoms with van der Waals surface area (Å²) in [6.45, 7) is 0. The third kappa shape index (κ3) is 10.1. The highest BCUT2D eigenvalue weighted by molar-refractivity contribution is 7.94. The zero-order valence-electron chi connectivity index (χ0n) is 28.4. The van der Waals surface area contributed by atoms with E-state index in [0.717, 1.165) is 11.4 Å². The molecule has 18 nitrogen and oxygen atoms in total. The maximum absolute atomic E-state index is 12.6. The van der Waals surface area contributed by atoms with E-state index in [1.54, 1.807) is 44.4 Å². The third-order valence-corrected chi connectivity index (χ3v) is 8.76. The molecular formula is C34H32N12O6S2. The summed E-state index contributed by atoms with van der Waals surface area (Å²) in [7, 11) is -1.37. The second-order valence-corrected chi connectivity index (χ2v) is 13.0. The maximum atomic E-state index is 12.6. The monoisotopic (exact) mass is 768 g/mol. The Balaban J connectivity index is 1.24. The maximum Gasteiger partial charge on any atom is 0.295 e. The van der Waals surface area contributed by atoms with Crippen LogP contribution >= 0.6 is 12.0 Å². The number of hydrogen-bond donors (Lipinski definition) is 8. The van der Waals surface area contributed by atoms with Gasteiger partial charge < -0.3 is 31.9 Å². The van der Waals surface area contributed by atoms with Crippen molar-refractivity contribution >= 4 is 92.8 Å². The number of nitrogens with zero attached hydrogens (tertiary/aromatic N) is 6. The smallest absolute Gasteiger partial charge is 0.295 e. The van der Waals surface area contributed by atoms with Crippen molar-refractivity contribution in [2.45, 2.75) is 9.79 Å². The highest BCUT2D eigenvalue weighted by Gasteiger charge is 2.17. The predicted octanol–water partition coefficient (Wildman–Crippen LogP) is 6.96. The van der Waals surface area contributed by atoms with Gasteiger partial charge in [-0.1, -0.05) is 65.7 Å². The van der Waals surface area contributed by atoms with Crippen LogP contribution in [-0.2, 0) is 19.5 Å². The first-order valence-electron chi connectivity index (χ1n) is 15.8. The van der Waals surface area contributed by atoms with Crippen LogP contribution in [0.5, 0.6) is 0 Å². The van der Waals surface area contributed by atoms with Gasteiger partial charge in [0.2, 0.25) is 35.7 Å². The Bertz CT molecular complexity index is 2360. The van der Waals surface area contributed by atoms with Crippen LogP contribution in [0, 0.1) is 0 Å². The highest BCUT2D eigenvalue weighted by Crippen LogP contribution is 2.31. The molecule has 2 aromatic heterocycles. The molecule has 0 spiro atoms. The average molecular weight is 769 g/mol. The number of rotatable bonds is 16. The van der Waals surface area contributed by atoms with E-state index in [4.69, 9.17) is 9.59 Å². The van der Waals surface area contributed by atoms with Gasteiger partial charge >= 0.3 is 0 Å². The molecule has 0 aliphatic heterocycles. The minimum absolute atomic E-state index is 0.113. The van der Waals surface area contributed by atoms with Crippen LogP contribution in [-0.4, -0.2) is 62.2 Å². The summed E-state index contributed by atoms with van der Waals surface area (Å²) < 4.78 is 40.0. The lowest BCUT2D eigenvalue weighted by atomic mass is 10.1. The zero-order chi connectivity index (χ0) is 37.9. The first kappa shape index (κ1) is 37.3. The van der Waals surface area contributed by atoms with E-state index in [9.17, 15) is 13.0 Å². The molecule has 20 heteroatoms. The molecule has 0 amide bonds. The normalized spacial score (nSPS) is 11.3. The third-order valence-electron chi connectivity index (χ3n) is 7.19. The van der Waals surface area contributed by atoms with Gasteiger partial charge in [-0.05, 0) is 59.7 Å². The average Bonchev–Trinajstić information content (AvgIpc) is 3.17. The molecule has 0 bridgehead atoms. The summed E-state index contributed by atoms with van der Waals surface area (Å²) in [5, 5.41) is 30.8. The molecule has 6 rings (SSSR count). The SMILES string of the molecule is CNc1nc(Nc2ccccc2)nc(Nc2ccc(C=Cc3ccc(Nc4nc(NC)nc(Nc5ccccc5)n4)cc3S(=O)(=O)O)c(SOOO)c2)n1. The predicted molar refractivity (Wildman–Crippen MR) is 207 cm³/mol. The summed E-state index contributed by atoms with van der Waals surface area (Å²) in [5.41, 5.74) is 3.05. The summed E-state index contributed by atoms with van der Waals surface area (Å²) >= 11 is 0.689. The van der Waals surface area contributed by atoms with Gasteiger partial charge in [0.1, 0.15) is 4.90 Å². The van der Waals surface area contributed by atoms with Gasteiger partial charge in [-0.2, -0.15) is 38.3 Å². The summed E-state index contributed by atoms with van der Waals surface area (Å²) in [4.78, 5) is 26.2. The van der Waals surface area contributed by atoms with Crippen LogP contribution in [0.2, 0.25) is 0 Å². The first-order chi connectivity index (χ1) is 26.2. The van der Waals surface area contributed by atoms with Crippen LogP contribution in [0.4, 0.5) is 58.4 Å². The largest absolute Gasteiger partial charge is 0.357 e. The number of aromatic nitrogens is 6. The summed E-state index contributed by atoms with van der Waals surface area (Å²) in [6.07, 6.45) is 3.09. The van der Waals surface area contributed by atoms with Crippen LogP contribution < -0.4 is 31.9 Å². The Labute approximate surface area is 313 Å². The lowest BCUT2D eigenvalue weighted by Crippen LogP contribution is -2.08. The van der Waals surface area contributed by atoms with Crippen molar-refractivity contribution in [1.82, 2.24) is 29.9 Å². The number of hydrogen-bond acceptors (Lipinski definition) is 18. The Morgan fingerprint density at radius 3 is 1.46 bits per heavy atom. The van der Waals surface area contributed by atoms with E-state index in [-0.39, 0.29) is 39.9 Å². The summed E-state index contributed by atoms with van der Waals surface area (Å²) in [5.74, 6) is 1.44. The van der Waals surface area contributed by atoms with Gasteiger partial charge in [-0.3, -0.25) is 4.55 Å². The molecule has 2 heterocycles. The second-order valence-electron chi connectivity index (χ2n) is 10.9. The van der Waals surface area contributed by atoms with Crippen molar-refractivity contribution in [3.8, 4) is 0 Å². The number of nitrogens with one attached hydrogen (secondary N) is 6. The molecule has 8 N–H and O–H groups in total. The molecule has 0 aliphatic rings. The molecule has 4 aromatic carbocycles. The van der Waals surface area contributed by atoms with Gasteiger partial charge in [0.05, 0.1) is 12.0 Å². The lowest BCUT2D eigenvalue weighted by Gasteiger charge is -2.12. The minimum atomic E-state index is -4.70. The second kappa shape index (κ2) is 17.4. The standard InChI is InChI=1S/C34H32N12O6S2/c1-35-29-41-31(37-23-9-5-3-6-10-23)45-33(43-29)39-25-17-15-21(27(19-25)53-52-51-47)13-14-22-16-18-26(20-28(22)54(48,49)50)40-34-44-30(36-2)42-32(46-34)38-24-11-7-4-8-12-24/h3-20,47H,1-2H3,(H,48,49,50)(H3,35,37,39,41,43,45)(H3,36,38,40,42,44,46). The van der Waals surface area contributed by atoms with Crippen LogP contribution in [0.1, 0.15) is 11.1 Å². The molecule has 0 unspecified atom stereocenters. The Morgan fingerprint density at radius 2 is 1.00 bits per heavy atom. The Hall–Kier alpha value is -6.42. The Morgan fingerprint density at radius 1 is 0.574 bits per heavy atom. The number of anilines is 10. The van der Waals surface area contributed by atoms with E-state index < -0.39 is 10.1 Å². The quantitative estimate of drug-likeness (QED) is 0.0163. The van der Waals surface area contributed by atoms with E-state index >= 15 is 0 Å². The van der Waals surface area contributed by atoms with Gasteiger partial charge in [0.15, 0.2) is 0 Å². The lowest BCUT2D eigenvalue weighted by molar-refractivity contribution is -0.432. The topological polar surface area (TPSA) is 243 Å². The van der Waals surface area contributed by atoms with E-state index in [1.807, 2.05) is 60.7 Å². The van der Waals surface area contributed by atoms with E-state index in [1.165, 1.54) is 18.2 Å². The molecule has 54 heavy (non-hydrogen) atoms. The van der Waals surface area contributed by atoms with Crippen LogP contribution in [0.15, 0.2) is 107 Å². The van der Waals surface area contributed by atoms with Gasteiger partial charge in [0.25, 0.3) is 10.1 Å². The van der Waals surface area contributed by atoms with Crippen molar-refractivity contribution in [1.29, 1.82) is 0 Å². The fraction of sp³-hybridized carbons (Fsp3) is 0.0588. The number of para-hydroxylation sites is 2. The molecule has 0 fully saturated rings. The highest BCUT2D eigenvalue weighted by atomic mass is 32.2. The molecule has 276 valence electrons. The molecule has 0 aliphatic carbocycles. The van der Waals surface area contributed by atoms with E-state index in [2.05, 4.69) is 66.8 Å². The minimum Gasteiger partial charge on any atom is -0.357 e. The van der Waals surface area contributed by atoms with Crippen molar-refractivity contribution in [2.24, 2.45) is 0 Å². The molecule has 0 saturated carbocycles. The van der Waals surface area contributed by atoms with Crippen LogP contribution in [0.25, 0.3) is 12.2 Å².